The van der Waals surface area contributed by atoms with E-state index in [4.69, 9.17) is 0 Å². The highest BCUT2D eigenvalue weighted by Gasteiger charge is 1.92. The van der Waals surface area contributed by atoms with Crippen molar-refractivity contribution in [3.05, 3.63) is 29.5 Å². The van der Waals surface area contributed by atoms with Gasteiger partial charge in [-0.1, -0.05) is 6.58 Å². The van der Waals surface area contributed by atoms with Crippen LogP contribution >= 0.6 is 0 Å². The van der Waals surface area contributed by atoms with Crippen molar-refractivity contribution in [2.75, 3.05) is 0 Å². The van der Waals surface area contributed by atoms with Crippen LogP contribution in [0.4, 0.5) is 0 Å². The standard InChI is InChI=1S/C6H7N3O/c1-5(2)9-6(10)3-7-4-8-9/h3-4H,1H2,2H3. The first-order valence-electron chi connectivity index (χ1n) is 2.77. The number of rotatable bonds is 1. The number of nitrogens with zero attached hydrogens (tertiary/aromatic N) is 3. The summed E-state index contributed by atoms with van der Waals surface area (Å²) in [4.78, 5) is 14.4. The van der Waals surface area contributed by atoms with E-state index >= 15 is 0 Å². The number of hydrogen-bond donors (Lipinski definition) is 0. The Balaban J connectivity index is 3.29. The molecule has 1 aromatic rings. The van der Waals surface area contributed by atoms with Crippen molar-refractivity contribution in [3.8, 4) is 0 Å². The Labute approximate surface area is 57.8 Å². The number of hydrogen-bond acceptors (Lipinski definition) is 3. The first-order chi connectivity index (χ1) is 4.72. The molecule has 0 radical (unpaired) electrons. The lowest BCUT2D eigenvalue weighted by Gasteiger charge is -1.97. The maximum absolute atomic E-state index is 10.8. The van der Waals surface area contributed by atoms with Crippen molar-refractivity contribution < 1.29 is 0 Å². The van der Waals surface area contributed by atoms with Crippen LogP contribution in [0.1, 0.15) is 6.92 Å². The Morgan fingerprint density at radius 1 is 1.80 bits per heavy atom. The molecule has 4 nitrogen and oxygen atoms in total. The average molecular weight is 137 g/mol. The minimum Gasteiger partial charge on any atom is -0.266 e. The van der Waals surface area contributed by atoms with Gasteiger partial charge in [0.2, 0.25) is 0 Å². The summed E-state index contributed by atoms with van der Waals surface area (Å²) < 4.78 is 1.19. The minimum atomic E-state index is -0.255. The van der Waals surface area contributed by atoms with E-state index in [0.717, 1.165) is 0 Å². The van der Waals surface area contributed by atoms with Crippen molar-refractivity contribution >= 4 is 5.70 Å². The van der Waals surface area contributed by atoms with Gasteiger partial charge in [-0.25, -0.2) is 4.98 Å². The molecule has 0 aliphatic rings. The van der Waals surface area contributed by atoms with Crippen molar-refractivity contribution in [2.24, 2.45) is 0 Å². The molecule has 1 heterocycles. The van der Waals surface area contributed by atoms with Crippen LogP contribution in [0.5, 0.6) is 0 Å². The summed E-state index contributed by atoms with van der Waals surface area (Å²) in [6.07, 6.45) is 2.50. The van der Waals surface area contributed by atoms with E-state index in [9.17, 15) is 4.79 Å². The van der Waals surface area contributed by atoms with Crippen molar-refractivity contribution in [3.63, 3.8) is 0 Å². The predicted octanol–water partition coefficient (Wildman–Crippen LogP) is 0.129. The summed E-state index contributed by atoms with van der Waals surface area (Å²) in [5.41, 5.74) is 0.336. The lowest BCUT2D eigenvalue weighted by atomic mass is 10.6. The van der Waals surface area contributed by atoms with Gasteiger partial charge in [-0.15, -0.1) is 0 Å². The molecule has 0 bridgehead atoms. The molecular weight excluding hydrogens is 130 g/mol. The summed E-state index contributed by atoms with van der Waals surface area (Å²) in [6, 6.07) is 0. The Kier molecular flexibility index (Phi) is 1.62. The van der Waals surface area contributed by atoms with Gasteiger partial charge in [0.05, 0.1) is 6.20 Å². The van der Waals surface area contributed by atoms with Crippen LogP contribution in [0.15, 0.2) is 23.9 Å². The van der Waals surface area contributed by atoms with Crippen LogP contribution < -0.4 is 5.56 Å². The second kappa shape index (κ2) is 2.43. The lowest BCUT2D eigenvalue weighted by Crippen LogP contribution is -2.19. The van der Waals surface area contributed by atoms with Crippen LogP contribution in [0, 0.1) is 0 Å². The van der Waals surface area contributed by atoms with Gasteiger partial charge in [0, 0.05) is 5.70 Å². The third-order valence-corrected chi connectivity index (χ3v) is 0.989. The first-order valence-corrected chi connectivity index (χ1v) is 2.77. The van der Waals surface area contributed by atoms with Crippen LogP contribution in [0.25, 0.3) is 5.70 Å². The molecule has 0 aromatic carbocycles. The fraction of sp³-hybridized carbons (Fsp3) is 0.167. The Morgan fingerprint density at radius 3 is 2.90 bits per heavy atom. The Bertz CT molecular complexity index is 302. The topological polar surface area (TPSA) is 47.8 Å². The summed E-state index contributed by atoms with van der Waals surface area (Å²) in [5, 5.41) is 3.67. The third-order valence-electron chi connectivity index (χ3n) is 0.989. The lowest BCUT2D eigenvalue weighted by molar-refractivity contribution is 0.792. The van der Waals surface area contributed by atoms with Gasteiger partial charge in [0.15, 0.2) is 0 Å². The molecular formula is C6H7N3O. The van der Waals surface area contributed by atoms with E-state index in [2.05, 4.69) is 16.7 Å². The quantitative estimate of drug-likeness (QED) is 0.552. The molecule has 0 N–H and O–H groups in total. The maximum Gasteiger partial charge on any atom is 0.289 e. The zero-order valence-electron chi connectivity index (χ0n) is 5.61. The molecule has 0 fully saturated rings. The second-order valence-electron chi connectivity index (χ2n) is 1.89. The zero-order valence-corrected chi connectivity index (χ0v) is 5.61. The van der Waals surface area contributed by atoms with Gasteiger partial charge < -0.3 is 0 Å². The molecule has 1 aromatic heterocycles. The fourth-order valence-electron chi connectivity index (χ4n) is 0.577. The molecule has 0 saturated heterocycles. The van der Waals surface area contributed by atoms with E-state index in [1.165, 1.54) is 17.2 Å². The van der Waals surface area contributed by atoms with E-state index in [1.54, 1.807) is 6.92 Å². The predicted molar refractivity (Wildman–Crippen MR) is 37.3 cm³/mol. The molecule has 4 heteroatoms. The summed E-state index contributed by atoms with van der Waals surface area (Å²) in [5.74, 6) is 0. The van der Waals surface area contributed by atoms with Gasteiger partial charge in [-0.05, 0) is 6.92 Å². The molecule has 0 amide bonds. The van der Waals surface area contributed by atoms with Crippen LogP contribution in [0.3, 0.4) is 0 Å². The van der Waals surface area contributed by atoms with E-state index in [-0.39, 0.29) is 5.56 Å². The number of aromatic nitrogens is 3. The van der Waals surface area contributed by atoms with Crippen LogP contribution in [-0.4, -0.2) is 14.8 Å². The van der Waals surface area contributed by atoms with Gasteiger partial charge in [0.25, 0.3) is 5.56 Å². The zero-order chi connectivity index (χ0) is 7.56. The molecule has 1 rings (SSSR count). The highest BCUT2D eigenvalue weighted by Crippen LogP contribution is 1.87. The molecule has 10 heavy (non-hydrogen) atoms. The third kappa shape index (κ3) is 1.10. The first kappa shape index (κ1) is 6.67. The highest BCUT2D eigenvalue weighted by atomic mass is 16.1. The van der Waals surface area contributed by atoms with E-state index in [1.807, 2.05) is 0 Å². The molecule has 52 valence electrons. The molecule has 0 spiro atoms. The largest absolute Gasteiger partial charge is 0.289 e. The maximum atomic E-state index is 10.8. The average Bonchev–Trinajstić information content (AvgIpc) is 1.88. The molecule has 0 aliphatic heterocycles. The normalized spacial score (nSPS) is 9.30. The van der Waals surface area contributed by atoms with Gasteiger partial charge >= 0.3 is 0 Å². The van der Waals surface area contributed by atoms with Gasteiger partial charge in [-0.3, -0.25) is 4.79 Å². The molecule has 0 aliphatic carbocycles. The van der Waals surface area contributed by atoms with E-state index in [0.29, 0.717) is 5.70 Å². The molecule has 0 atom stereocenters. The van der Waals surface area contributed by atoms with Gasteiger partial charge in [-0.2, -0.15) is 9.78 Å². The summed E-state index contributed by atoms with van der Waals surface area (Å²) in [6.45, 7) is 5.26. The SMILES string of the molecule is C=C(C)n1ncncc1=O. The molecule has 0 unspecified atom stereocenters. The number of allylic oxidation sites excluding steroid dienone is 1. The highest BCUT2D eigenvalue weighted by molar-refractivity contribution is 5.34. The molecule has 0 saturated carbocycles. The summed E-state index contributed by atoms with van der Waals surface area (Å²) in [7, 11) is 0. The van der Waals surface area contributed by atoms with Gasteiger partial charge in [0.1, 0.15) is 6.33 Å². The second-order valence-corrected chi connectivity index (χ2v) is 1.89. The Hall–Kier alpha value is -1.45. The summed E-state index contributed by atoms with van der Waals surface area (Å²) >= 11 is 0. The van der Waals surface area contributed by atoms with Crippen molar-refractivity contribution in [2.45, 2.75) is 6.92 Å². The monoisotopic (exact) mass is 137 g/mol. The van der Waals surface area contributed by atoms with Crippen molar-refractivity contribution in [1.29, 1.82) is 0 Å². The smallest absolute Gasteiger partial charge is 0.266 e. The van der Waals surface area contributed by atoms with E-state index < -0.39 is 0 Å². The Morgan fingerprint density at radius 2 is 2.50 bits per heavy atom. The van der Waals surface area contributed by atoms with Crippen LogP contribution in [-0.2, 0) is 0 Å². The minimum absolute atomic E-state index is 0.255. The fourth-order valence-corrected chi connectivity index (χ4v) is 0.577. The van der Waals surface area contributed by atoms with Crippen LogP contribution in [0.2, 0.25) is 0 Å². The van der Waals surface area contributed by atoms with Crippen molar-refractivity contribution in [1.82, 2.24) is 14.8 Å².